The second-order valence-corrected chi connectivity index (χ2v) is 7.06. The van der Waals surface area contributed by atoms with E-state index in [0.29, 0.717) is 23.7 Å². The number of halogens is 3. The average molecular weight is 458 g/mol. The van der Waals surface area contributed by atoms with Crippen LogP contribution in [0.1, 0.15) is 20.8 Å². The number of piperazine rings is 1. The van der Waals surface area contributed by atoms with Gasteiger partial charge in [0, 0.05) is 33.2 Å². The van der Waals surface area contributed by atoms with E-state index in [1.165, 1.54) is 4.57 Å². The number of nitrogens with zero attached hydrogens (tertiary/aromatic N) is 5. The Labute approximate surface area is 182 Å². The molecule has 0 saturated carbocycles. The molecule has 1 saturated heterocycles. The van der Waals surface area contributed by atoms with Crippen LogP contribution in [-0.2, 0) is 18.4 Å². The molecule has 2 N–H and O–H groups in total. The van der Waals surface area contributed by atoms with Crippen LogP contribution >= 0.6 is 0 Å². The Morgan fingerprint density at radius 3 is 2.38 bits per heavy atom. The summed E-state index contributed by atoms with van der Waals surface area (Å²) < 4.78 is 40.6. The number of carboxylic acid groups (broad SMARTS) is 1. The Morgan fingerprint density at radius 1 is 1.28 bits per heavy atom. The van der Waals surface area contributed by atoms with E-state index >= 15 is 0 Å². The lowest BCUT2D eigenvalue weighted by molar-refractivity contribution is -0.192. The Bertz CT molecular complexity index is 1080. The van der Waals surface area contributed by atoms with Crippen molar-refractivity contribution in [3.63, 3.8) is 0 Å². The Kier molecular flexibility index (Phi) is 8.09. The van der Waals surface area contributed by atoms with E-state index in [-0.39, 0.29) is 11.8 Å². The highest BCUT2D eigenvalue weighted by Gasteiger charge is 2.38. The van der Waals surface area contributed by atoms with Crippen molar-refractivity contribution in [2.75, 3.05) is 31.1 Å². The van der Waals surface area contributed by atoms with Gasteiger partial charge < -0.3 is 20.1 Å². The lowest BCUT2D eigenvalue weighted by Crippen LogP contribution is -2.44. The van der Waals surface area contributed by atoms with Crippen molar-refractivity contribution in [2.24, 2.45) is 7.05 Å². The van der Waals surface area contributed by atoms with Gasteiger partial charge in [-0.05, 0) is 20.8 Å². The molecule has 0 unspecified atom stereocenters. The summed E-state index contributed by atoms with van der Waals surface area (Å²) >= 11 is 0. The van der Waals surface area contributed by atoms with Crippen molar-refractivity contribution in [1.29, 1.82) is 0 Å². The summed E-state index contributed by atoms with van der Waals surface area (Å²) in [5.74, 6) is 3.79. The minimum atomic E-state index is -5.08. The normalized spacial score (nSPS) is 13.9. The fraction of sp³-hybridized carbons (Fsp3) is 0.579. The van der Waals surface area contributed by atoms with Crippen molar-refractivity contribution in [3.8, 4) is 17.9 Å². The van der Waals surface area contributed by atoms with E-state index in [1.807, 2.05) is 13.8 Å². The zero-order chi connectivity index (χ0) is 24.1. The fourth-order valence-corrected chi connectivity index (χ4v) is 2.92. The van der Waals surface area contributed by atoms with Crippen LogP contribution in [0.3, 0.4) is 0 Å². The molecule has 0 atom stereocenters. The van der Waals surface area contributed by atoms with Gasteiger partial charge in [-0.25, -0.2) is 9.59 Å². The first kappa shape index (κ1) is 25.0. The molecule has 0 aliphatic carbocycles. The van der Waals surface area contributed by atoms with Crippen LogP contribution in [0.25, 0.3) is 11.2 Å². The molecule has 0 spiro atoms. The third-order valence-corrected chi connectivity index (χ3v) is 4.35. The Hall–Kier alpha value is -3.27. The zero-order valence-electron chi connectivity index (χ0n) is 18.2. The molecule has 1 aliphatic heterocycles. The minimum absolute atomic E-state index is 0.0432. The van der Waals surface area contributed by atoms with Gasteiger partial charge in [0.1, 0.15) is 5.52 Å². The van der Waals surface area contributed by atoms with E-state index in [2.05, 4.69) is 32.0 Å². The number of carbonyl (C=O) groups is 1. The van der Waals surface area contributed by atoms with Crippen molar-refractivity contribution in [2.45, 2.75) is 39.6 Å². The topological polar surface area (TPSA) is 115 Å². The maximum Gasteiger partial charge on any atom is 0.490 e. The number of hydrogen-bond acceptors (Lipinski definition) is 7. The second kappa shape index (κ2) is 10.4. The first-order valence-corrected chi connectivity index (χ1v) is 9.76. The van der Waals surface area contributed by atoms with E-state index in [9.17, 15) is 18.0 Å². The smallest absolute Gasteiger partial charge is 0.475 e. The number of rotatable bonds is 4. The van der Waals surface area contributed by atoms with Crippen molar-refractivity contribution >= 4 is 23.0 Å². The number of imidazole rings is 1. The van der Waals surface area contributed by atoms with E-state index in [4.69, 9.17) is 14.6 Å². The summed E-state index contributed by atoms with van der Waals surface area (Å²) in [7, 11) is 1.72. The van der Waals surface area contributed by atoms with Crippen LogP contribution in [0, 0.1) is 11.8 Å². The molecule has 0 bridgehead atoms. The average Bonchev–Trinajstić information content (AvgIpc) is 2.96. The van der Waals surface area contributed by atoms with Crippen molar-refractivity contribution in [1.82, 2.24) is 24.4 Å². The maximum absolute atomic E-state index is 12.7. The van der Waals surface area contributed by atoms with Crippen LogP contribution in [0.2, 0.25) is 0 Å². The minimum Gasteiger partial charge on any atom is -0.475 e. The number of aromatic nitrogens is 4. The number of aryl methyl sites for hydroxylation is 1. The SMILES string of the molecule is CC#CCn1c(=O)n(C)c2nc(OC(C)C)nc(N3CCNCC3)c21.O=C(O)C(F)(F)F. The molecule has 3 heterocycles. The maximum atomic E-state index is 12.7. The lowest BCUT2D eigenvalue weighted by Gasteiger charge is -2.29. The van der Waals surface area contributed by atoms with Crippen LogP contribution in [0.4, 0.5) is 19.0 Å². The molecule has 2 aromatic rings. The number of aliphatic carboxylic acids is 1. The fourth-order valence-electron chi connectivity index (χ4n) is 2.92. The molecule has 1 aliphatic rings. The molecule has 10 nitrogen and oxygen atoms in total. The zero-order valence-corrected chi connectivity index (χ0v) is 18.2. The molecule has 13 heteroatoms. The largest absolute Gasteiger partial charge is 0.490 e. The molecule has 176 valence electrons. The highest BCUT2D eigenvalue weighted by molar-refractivity contribution is 5.85. The van der Waals surface area contributed by atoms with Crippen LogP contribution < -0.4 is 20.6 Å². The quantitative estimate of drug-likeness (QED) is 0.652. The van der Waals surface area contributed by atoms with Crippen molar-refractivity contribution < 1.29 is 27.8 Å². The molecule has 0 amide bonds. The van der Waals surface area contributed by atoms with E-state index < -0.39 is 12.1 Å². The third-order valence-electron chi connectivity index (χ3n) is 4.35. The van der Waals surface area contributed by atoms with Gasteiger partial charge in [0.05, 0.1) is 12.6 Å². The molecule has 3 rings (SSSR count). The molecule has 0 radical (unpaired) electrons. The van der Waals surface area contributed by atoms with Crippen LogP contribution in [-0.4, -0.2) is 68.6 Å². The molecular formula is C19H25F3N6O4. The third kappa shape index (κ3) is 5.91. The summed E-state index contributed by atoms with van der Waals surface area (Å²) in [6.45, 7) is 9.32. The van der Waals surface area contributed by atoms with E-state index in [0.717, 1.165) is 32.0 Å². The lowest BCUT2D eigenvalue weighted by atomic mass is 10.3. The summed E-state index contributed by atoms with van der Waals surface area (Å²) in [6, 6.07) is 0.297. The predicted molar refractivity (Wildman–Crippen MR) is 111 cm³/mol. The first-order chi connectivity index (χ1) is 15.0. The standard InChI is InChI=1S/C17H24N6O2.C2HF3O2/c1-5-6-9-23-13-14(21(4)17(23)24)19-16(25-12(2)3)20-15(13)22-10-7-18-8-11-22;3-2(4,5)1(6)7/h12,18H,7-11H2,1-4H3;(H,6,7). The molecule has 0 aromatic carbocycles. The molecule has 1 fully saturated rings. The molecular weight excluding hydrogens is 433 g/mol. The van der Waals surface area contributed by atoms with Gasteiger partial charge in [-0.3, -0.25) is 9.13 Å². The number of alkyl halides is 3. The van der Waals surface area contributed by atoms with Gasteiger partial charge in [0.25, 0.3) is 0 Å². The second-order valence-electron chi connectivity index (χ2n) is 7.06. The summed E-state index contributed by atoms with van der Waals surface area (Å²) in [5.41, 5.74) is 1.14. The molecule has 2 aromatic heterocycles. The van der Waals surface area contributed by atoms with Crippen LogP contribution in [0.15, 0.2) is 4.79 Å². The summed E-state index contributed by atoms with van der Waals surface area (Å²) in [4.78, 5) is 32.9. The van der Waals surface area contributed by atoms with Gasteiger partial charge in [0.2, 0.25) is 0 Å². The number of hydrogen-bond donors (Lipinski definition) is 2. The summed E-state index contributed by atoms with van der Waals surface area (Å²) in [5, 5.41) is 10.5. The monoisotopic (exact) mass is 458 g/mol. The summed E-state index contributed by atoms with van der Waals surface area (Å²) in [6.07, 6.45) is -5.13. The number of anilines is 1. The number of fused-ring (bicyclic) bond motifs is 1. The Morgan fingerprint density at radius 2 is 1.88 bits per heavy atom. The highest BCUT2D eigenvalue weighted by atomic mass is 19.4. The predicted octanol–water partition coefficient (Wildman–Crippen LogP) is 0.983. The number of carboxylic acids is 1. The van der Waals surface area contributed by atoms with Gasteiger partial charge in [-0.2, -0.15) is 23.1 Å². The van der Waals surface area contributed by atoms with Gasteiger partial charge in [0.15, 0.2) is 11.5 Å². The van der Waals surface area contributed by atoms with Crippen molar-refractivity contribution in [3.05, 3.63) is 10.5 Å². The first-order valence-electron chi connectivity index (χ1n) is 9.76. The van der Waals surface area contributed by atoms with E-state index in [1.54, 1.807) is 18.5 Å². The number of ether oxygens (including phenoxy) is 1. The van der Waals surface area contributed by atoms with Crippen LogP contribution in [0.5, 0.6) is 6.01 Å². The van der Waals surface area contributed by atoms with Gasteiger partial charge >= 0.3 is 23.8 Å². The van der Waals surface area contributed by atoms with Gasteiger partial charge in [-0.15, -0.1) is 5.92 Å². The Balaban J connectivity index is 0.000000451. The highest BCUT2D eigenvalue weighted by Crippen LogP contribution is 2.26. The number of nitrogens with one attached hydrogen (secondary N) is 1. The van der Waals surface area contributed by atoms with Gasteiger partial charge in [-0.1, -0.05) is 5.92 Å². The molecule has 32 heavy (non-hydrogen) atoms.